The summed E-state index contributed by atoms with van der Waals surface area (Å²) in [6.07, 6.45) is 2.34. The Hall–Kier alpha value is -1.14. The Balaban J connectivity index is 1.40. The third kappa shape index (κ3) is 3.75. The molecule has 0 spiro atoms. The maximum Gasteiger partial charge on any atom is 0.433 e. The average molecular weight is 339 g/mol. The number of halogens is 3. The van der Waals surface area contributed by atoms with Gasteiger partial charge in [0.05, 0.1) is 0 Å². The number of fused-ring (bicyclic) bond motifs is 4. The summed E-state index contributed by atoms with van der Waals surface area (Å²) < 4.78 is 37.8. The highest BCUT2D eigenvalue weighted by Gasteiger charge is 2.37. The smallest absolute Gasteiger partial charge is 0.299 e. The van der Waals surface area contributed by atoms with Crippen LogP contribution in [-0.4, -0.2) is 47.0 Å². The molecule has 0 radical (unpaired) electrons. The van der Waals surface area contributed by atoms with E-state index in [1.54, 1.807) is 6.07 Å². The molecule has 6 heteroatoms. The second-order valence-electron chi connectivity index (χ2n) is 7.74. The van der Waals surface area contributed by atoms with E-state index in [-0.39, 0.29) is 0 Å². The third-order valence-electron chi connectivity index (χ3n) is 5.61. The van der Waals surface area contributed by atoms with Gasteiger partial charge in [0.1, 0.15) is 5.69 Å². The summed E-state index contributed by atoms with van der Waals surface area (Å²) in [6, 6.07) is 3.29. The lowest BCUT2D eigenvalue weighted by molar-refractivity contribution is -0.141. The van der Waals surface area contributed by atoms with Crippen LogP contribution in [0.15, 0.2) is 18.3 Å². The van der Waals surface area contributed by atoms with Gasteiger partial charge in [-0.1, -0.05) is 6.07 Å². The molecule has 1 saturated carbocycles. The minimum absolute atomic E-state index is 0.617. The number of pyridine rings is 1. The largest absolute Gasteiger partial charge is 0.433 e. The van der Waals surface area contributed by atoms with E-state index in [4.69, 9.17) is 0 Å². The lowest BCUT2D eigenvalue weighted by Crippen LogP contribution is -2.44. The molecule has 3 saturated heterocycles. The molecule has 0 unspecified atom stereocenters. The first-order valence-corrected chi connectivity index (χ1v) is 8.96. The van der Waals surface area contributed by atoms with Crippen molar-refractivity contribution in [3.05, 3.63) is 29.6 Å². The first-order valence-electron chi connectivity index (χ1n) is 8.96. The van der Waals surface area contributed by atoms with E-state index >= 15 is 0 Å². The molecule has 4 heterocycles. The first-order chi connectivity index (χ1) is 11.5. The van der Waals surface area contributed by atoms with Gasteiger partial charge in [-0.2, -0.15) is 13.2 Å². The maximum atomic E-state index is 12.6. The van der Waals surface area contributed by atoms with Gasteiger partial charge in [0.15, 0.2) is 0 Å². The van der Waals surface area contributed by atoms with Gasteiger partial charge in [-0.05, 0) is 49.1 Å². The maximum absolute atomic E-state index is 12.6. The zero-order valence-electron chi connectivity index (χ0n) is 13.8. The molecule has 3 nitrogen and oxygen atoms in total. The Kier molecular flexibility index (Phi) is 4.29. The Morgan fingerprint density at radius 3 is 2.54 bits per heavy atom. The Morgan fingerprint density at radius 1 is 1.04 bits per heavy atom. The van der Waals surface area contributed by atoms with E-state index < -0.39 is 11.9 Å². The summed E-state index contributed by atoms with van der Waals surface area (Å²) in [6.45, 7) is 5.23. The van der Waals surface area contributed by atoms with Gasteiger partial charge in [-0.25, -0.2) is 0 Å². The van der Waals surface area contributed by atoms with Crippen LogP contribution in [0.5, 0.6) is 0 Å². The standard InChI is InChI=1S/C18H24F3N3/c19-18(20,21)17-6-4-14(7-22-17)8-23-9-15-3-5-16(12-23)24(11-15)10-13-1-2-13/h4,6-7,13,15-16H,1-3,5,8-12H2/t15-,16+/m1/s1. The Labute approximate surface area is 140 Å². The van der Waals surface area contributed by atoms with Gasteiger partial charge >= 0.3 is 6.18 Å². The summed E-state index contributed by atoms with van der Waals surface area (Å²) in [5, 5.41) is 0. The van der Waals surface area contributed by atoms with Crippen LogP contribution >= 0.6 is 0 Å². The number of rotatable bonds is 4. The van der Waals surface area contributed by atoms with Crippen molar-refractivity contribution >= 4 is 0 Å². The topological polar surface area (TPSA) is 19.4 Å². The molecule has 4 fully saturated rings. The van der Waals surface area contributed by atoms with E-state index in [1.807, 2.05) is 0 Å². The van der Waals surface area contributed by atoms with Crippen molar-refractivity contribution in [2.24, 2.45) is 11.8 Å². The number of piperidine rings is 1. The summed E-state index contributed by atoms with van der Waals surface area (Å²) in [7, 11) is 0. The molecule has 0 N–H and O–H groups in total. The van der Waals surface area contributed by atoms with Crippen LogP contribution in [0.2, 0.25) is 0 Å². The lowest BCUT2D eigenvalue weighted by atomic mass is 9.95. The summed E-state index contributed by atoms with van der Waals surface area (Å²) in [5.74, 6) is 1.61. The predicted molar refractivity (Wildman–Crippen MR) is 85.3 cm³/mol. The molecular formula is C18H24F3N3. The molecule has 5 rings (SSSR count). The number of nitrogens with zero attached hydrogens (tertiary/aromatic N) is 3. The average Bonchev–Trinajstić information content (AvgIpc) is 3.35. The molecule has 1 aromatic heterocycles. The highest BCUT2D eigenvalue weighted by molar-refractivity contribution is 5.16. The second kappa shape index (κ2) is 6.30. The monoisotopic (exact) mass is 339 g/mol. The Morgan fingerprint density at radius 2 is 1.88 bits per heavy atom. The van der Waals surface area contributed by atoms with E-state index in [9.17, 15) is 13.2 Å². The van der Waals surface area contributed by atoms with E-state index in [2.05, 4.69) is 14.8 Å². The SMILES string of the molecule is FC(F)(F)c1ccc(CN2C[C@H]3CC[C@@H](C2)N(CC2CC2)C3)cn1. The highest BCUT2D eigenvalue weighted by atomic mass is 19.4. The van der Waals surface area contributed by atoms with Crippen molar-refractivity contribution in [2.75, 3.05) is 26.2 Å². The third-order valence-corrected chi connectivity index (χ3v) is 5.61. The molecule has 2 bridgehead atoms. The van der Waals surface area contributed by atoms with Gasteiger partial charge in [0, 0.05) is 45.0 Å². The molecule has 132 valence electrons. The fraction of sp³-hybridized carbons (Fsp3) is 0.722. The minimum Gasteiger partial charge on any atom is -0.299 e. The van der Waals surface area contributed by atoms with E-state index in [0.717, 1.165) is 30.6 Å². The predicted octanol–water partition coefficient (Wildman–Crippen LogP) is 3.41. The summed E-state index contributed by atoms with van der Waals surface area (Å²) in [5.41, 5.74) is 0.0656. The summed E-state index contributed by atoms with van der Waals surface area (Å²) >= 11 is 0. The van der Waals surface area contributed by atoms with Crippen molar-refractivity contribution in [3.63, 3.8) is 0 Å². The van der Waals surface area contributed by atoms with Gasteiger partial charge in [0.2, 0.25) is 0 Å². The zero-order valence-corrected chi connectivity index (χ0v) is 13.8. The molecule has 2 atom stereocenters. The van der Waals surface area contributed by atoms with Gasteiger partial charge in [-0.3, -0.25) is 14.8 Å². The number of aromatic nitrogens is 1. The molecule has 1 aliphatic carbocycles. The molecule has 0 aromatic carbocycles. The zero-order chi connectivity index (χ0) is 16.7. The van der Waals surface area contributed by atoms with E-state index in [0.29, 0.717) is 18.5 Å². The van der Waals surface area contributed by atoms with Gasteiger partial charge in [0.25, 0.3) is 0 Å². The molecule has 4 aliphatic rings. The fourth-order valence-corrected chi connectivity index (χ4v) is 4.20. The van der Waals surface area contributed by atoms with Crippen LogP contribution in [0.3, 0.4) is 0 Å². The first kappa shape index (κ1) is 16.3. The van der Waals surface area contributed by atoms with Gasteiger partial charge in [-0.15, -0.1) is 0 Å². The van der Waals surface area contributed by atoms with Crippen molar-refractivity contribution in [1.82, 2.24) is 14.8 Å². The van der Waals surface area contributed by atoms with Crippen molar-refractivity contribution in [3.8, 4) is 0 Å². The second-order valence-corrected chi connectivity index (χ2v) is 7.74. The molecular weight excluding hydrogens is 315 g/mol. The number of hydrogen-bond donors (Lipinski definition) is 0. The molecule has 0 amide bonds. The molecule has 1 aromatic rings. The van der Waals surface area contributed by atoms with Crippen molar-refractivity contribution < 1.29 is 13.2 Å². The van der Waals surface area contributed by atoms with Crippen molar-refractivity contribution in [2.45, 2.75) is 44.4 Å². The van der Waals surface area contributed by atoms with Crippen LogP contribution in [0.1, 0.15) is 36.9 Å². The lowest BCUT2D eigenvalue weighted by Gasteiger charge is -2.36. The number of alkyl halides is 3. The normalized spacial score (nSPS) is 29.0. The van der Waals surface area contributed by atoms with Gasteiger partial charge < -0.3 is 0 Å². The van der Waals surface area contributed by atoms with E-state index in [1.165, 1.54) is 45.0 Å². The van der Waals surface area contributed by atoms with Crippen LogP contribution in [0.4, 0.5) is 13.2 Å². The minimum atomic E-state index is -4.36. The van der Waals surface area contributed by atoms with Crippen LogP contribution < -0.4 is 0 Å². The fourth-order valence-electron chi connectivity index (χ4n) is 4.20. The van der Waals surface area contributed by atoms with Crippen LogP contribution in [0.25, 0.3) is 0 Å². The van der Waals surface area contributed by atoms with Crippen LogP contribution in [-0.2, 0) is 12.7 Å². The highest BCUT2D eigenvalue weighted by Crippen LogP contribution is 2.35. The quantitative estimate of drug-likeness (QED) is 0.838. The molecule has 24 heavy (non-hydrogen) atoms. The Bertz CT molecular complexity index is 568. The molecule has 3 aliphatic heterocycles. The summed E-state index contributed by atoms with van der Waals surface area (Å²) in [4.78, 5) is 8.69. The van der Waals surface area contributed by atoms with Crippen LogP contribution in [0, 0.1) is 11.8 Å². The van der Waals surface area contributed by atoms with Crippen molar-refractivity contribution in [1.29, 1.82) is 0 Å². The number of hydrogen-bond acceptors (Lipinski definition) is 3.